The Labute approximate surface area is 165 Å². The third kappa shape index (κ3) is 3.58. The molecule has 2 aliphatic heterocycles. The molecule has 8 nitrogen and oxygen atoms in total. The molecule has 0 saturated carbocycles. The highest BCUT2D eigenvalue weighted by Gasteiger charge is 2.55. The molecule has 0 bridgehead atoms. The van der Waals surface area contributed by atoms with Gasteiger partial charge in [0.05, 0.1) is 24.3 Å². The van der Waals surface area contributed by atoms with Gasteiger partial charge in [0.15, 0.2) is 5.89 Å². The number of ether oxygens (including phenoxy) is 1. The average molecular weight is 387 g/mol. The van der Waals surface area contributed by atoms with Crippen LogP contribution in [0.15, 0.2) is 22.9 Å². The van der Waals surface area contributed by atoms with Crippen LogP contribution in [0.25, 0.3) is 0 Å². The molecule has 28 heavy (non-hydrogen) atoms. The fourth-order valence-electron chi connectivity index (χ4n) is 4.30. The summed E-state index contributed by atoms with van der Waals surface area (Å²) in [5.41, 5.74) is 1.57. The van der Waals surface area contributed by atoms with E-state index in [1.807, 2.05) is 17.8 Å². The van der Waals surface area contributed by atoms with Crippen molar-refractivity contribution in [2.75, 3.05) is 32.8 Å². The number of likely N-dealkylation sites (tertiary alicyclic amines) is 1. The Balaban J connectivity index is 1.36. The van der Waals surface area contributed by atoms with Gasteiger partial charge in [-0.1, -0.05) is 13.8 Å². The lowest BCUT2D eigenvalue weighted by molar-refractivity contribution is -0.131. The topological polar surface area (TPSA) is 85.4 Å². The SMILES string of the molecule is CC(C)c1nc(CN2C[C@@H]3COC[C@]3(C(=O)NCCc3ccnn3C)C2)co1. The molecule has 0 spiro atoms. The molecule has 0 aromatic carbocycles. The van der Waals surface area contributed by atoms with Crippen LogP contribution in [0.5, 0.6) is 0 Å². The number of rotatable bonds is 7. The zero-order chi connectivity index (χ0) is 19.7. The molecule has 1 N–H and O–H groups in total. The molecule has 2 aromatic rings. The predicted octanol–water partition coefficient (Wildman–Crippen LogP) is 1.34. The van der Waals surface area contributed by atoms with Crippen molar-refractivity contribution >= 4 is 5.91 Å². The number of fused-ring (bicyclic) bond motifs is 1. The van der Waals surface area contributed by atoms with Gasteiger partial charge in [-0.15, -0.1) is 0 Å². The smallest absolute Gasteiger partial charge is 0.230 e. The second-order valence-electron chi connectivity index (χ2n) is 8.32. The van der Waals surface area contributed by atoms with Gasteiger partial charge >= 0.3 is 0 Å². The van der Waals surface area contributed by atoms with Crippen LogP contribution in [0, 0.1) is 11.3 Å². The number of aryl methyl sites for hydroxylation is 1. The lowest BCUT2D eigenvalue weighted by Crippen LogP contribution is -2.47. The normalized spacial score (nSPS) is 24.8. The van der Waals surface area contributed by atoms with E-state index < -0.39 is 5.41 Å². The molecule has 0 radical (unpaired) electrons. The quantitative estimate of drug-likeness (QED) is 0.772. The van der Waals surface area contributed by atoms with E-state index in [0.717, 1.165) is 30.2 Å². The zero-order valence-electron chi connectivity index (χ0n) is 16.9. The van der Waals surface area contributed by atoms with Crippen LogP contribution in [0.4, 0.5) is 0 Å². The standard InChI is InChI=1S/C20H29N5O3/c1-14(2)18-23-16(11-28-18)9-25-8-15-10-27-13-20(15,12-25)19(26)21-6-4-17-5-7-22-24(17)3/h5,7,11,14-15H,4,6,8-10,12-13H2,1-3H3,(H,21,26)/t15-,20-/m1/s1. The molecule has 4 heterocycles. The number of hydrogen-bond acceptors (Lipinski definition) is 6. The van der Waals surface area contributed by atoms with E-state index >= 15 is 0 Å². The molecule has 152 valence electrons. The second-order valence-corrected chi connectivity index (χ2v) is 8.32. The van der Waals surface area contributed by atoms with Crippen molar-refractivity contribution in [2.45, 2.75) is 32.7 Å². The molecule has 1 amide bonds. The largest absolute Gasteiger partial charge is 0.448 e. The molecular formula is C20H29N5O3. The third-order valence-corrected chi connectivity index (χ3v) is 5.93. The van der Waals surface area contributed by atoms with Gasteiger partial charge in [0.2, 0.25) is 5.91 Å². The van der Waals surface area contributed by atoms with E-state index in [1.165, 1.54) is 0 Å². The van der Waals surface area contributed by atoms with Crippen LogP contribution in [-0.2, 0) is 29.5 Å². The van der Waals surface area contributed by atoms with Crippen molar-refractivity contribution in [3.05, 3.63) is 35.8 Å². The summed E-state index contributed by atoms with van der Waals surface area (Å²) in [6.45, 7) is 8.11. The van der Waals surface area contributed by atoms with Gasteiger partial charge in [0.25, 0.3) is 0 Å². The number of carbonyl (C=O) groups is 1. The zero-order valence-corrected chi connectivity index (χ0v) is 16.9. The van der Waals surface area contributed by atoms with Crippen LogP contribution in [0.3, 0.4) is 0 Å². The number of amides is 1. The van der Waals surface area contributed by atoms with E-state index in [0.29, 0.717) is 32.8 Å². The molecule has 0 aliphatic carbocycles. The molecule has 8 heteroatoms. The monoisotopic (exact) mass is 387 g/mol. The molecule has 4 rings (SSSR count). The summed E-state index contributed by atoms with van der Waals surface area (Å²) >= 11 is 0. The first-order valence-corrected chi connectivity index (χ1v) is 9.97. The van der Waals surface area contributed by atoms with E-state index in [4.69, 9.17) is 9.15 Å². The fourth-order valence-corrected chi connectivity index (χ4v) is 4.30. The first kappa shape index (κ1) is 19.1. The molecule has 0 unspecified atom stereocenters. The van der Waals surface area contributed by atoms with Crippen LogP contribution < -0.4 is 5.32 Å². The maximum atomic E-state index is 13.1. The number of carbonyl (C=O) groups excluding carboxylic acids is 1. The lowest BCUT2D eigenvalue weighted by Gasteiger charge is -2.26. The van der Waals surface area contributed by atoms with E-state index in [-0.39, 0.29) is 17.7 Å². The minimum absolute atomic E-state index is 0.0997. The van der Waals surface area contributed by atoms with Crippen LogP contribution >= 0.6 is 0 Å². The Bertz CT molecular complexity index is 829. The first-order valence-electron chi connectivity index (χ1n) is 9.97. The van der Waals surface area contributed by atoms with E-state index in [2.05, 4.69) is 34.1 Å². The minimum atomic E-state index is -0.461. The van der Waals surface area contributed by atoms with Crippen molar-refractivity contribution in [3.63, 3.8) is 0 Å². The van der Waals surface area contributed by atoms with E-state index in [1.54, 1.807) is 12.5 Å². The molecule has 2 saturated heterocycles. The van der Waals surface area contributed by atoms with Gasteiger partial charge in [-0.05, 0) is 6.07 Å². The number of nitrogens with zero attached hydrogens (tertiary/aromatic N) is 4. The van der Waals surface area contributed by atoms with Crippen LogP contribution in [0.2, 0.25) is 0 Å². The second kappa shape index (κ2) is 7.67. The number of hydrogen-bond donors (Lipinski definition) is 1. The Morgan fingerprint density at radius 2 is 2.32 bits per heavy atom. The predicted molar refractivity (Wildman–Crippen MR) is 103 cm³/mol. The molecule has 2 atom stereocenters. The average Bonchev–Trinajstić information content (AvgIpc) is 3.40. The molecule has 2 aromatic heterocycles. The Hall–Kier alpha value is -2.19. The van der Waals surface area contributed by atoms with Crippen LogP contribution in [-0.4, -0.2) is 58.4 Å². The van der Waals surface area contributed by atoms with Crippen molar-refractivity contribution in [2.24, 2.45) is 18.4 Å². The summed E-state index contributed by atoms with van der Waals surface area (Å²) in [6.07, 6.45) is 4.28. The number of oxazole rings is 1. The van der Waals surface area contributed by atoms with Gasteiger partial charge in [0.1, 0.15) is 6.26 Å². The van der Waals surface area contributed by atoms with Crippen molar-refractivity contribution in [1.82, 2.24) is 25.0 Å². The summed E-state index contributed by atoms with van der Waals surface area (Å²) in [5, 5.41) is 7.30. The Kier molecular flexibility index (Phi) is 5.25. The van der Waals surface area contributed by atoms with Crippen LogP contribution in [0.1, 0.15) is 37.0 Å². The maximum Gasteiger partial charge on any atom is 0.230 e. The first-order chi connectivity index (χ1) is 13.5. The van der Waals surface area contributed by atoms with Gasteiger partial charge in [-0.25, -0.2) is 4.98 Å². The highest BCUT2D eigenvalue weighted by Crippen LogP contribution is 2.42. The Morgan fingerprint density at radius 1 is 1.46 bits per heavy atom. The highest BCUT2D eigenvalue weighted by atomic mass is 16.5. The van der Waals surface area contributed by atoms with Gasteiger partial charge < -0.3 is 14.5 Å². The minimum Gasteiger partial charge on any atom is -0.448 e. The maximum absolute atomic E-state index is 13.1. The third-order valence-electron chi connectivity index (χ3n) is 5.93. The van der Waals surface area contributed by atoms with Gasteiger partial charge in [-0.3, -0.25) is 14.4 Å². The van der Waals surface area contributed by atoms with E-state index in [9.17, 15) is 4.79 Å². The summed E-state index contributed by atoms with van der Waals surface area (Å²) < 4.78 is 13.1. The Morgan fingerprint density at radius 3 is 3.04 bits per heavy atom. The summed E-state index contributed by atoms with van der Waals surface area (Å²) in [5.74, 6) is 1.36. The van der Waals surface area contributed by atoms with Gasteiger partial charge in [0, 0.05) is 63.4 Å². The lowest BCUT2D eigenvalue weighted by atomic mass is 9.80. The number of nitrogens with one attached hydrogen (secondary N) is 1. The fraction of sp³-hybridized carbons (Fsp3) is 0.650. The van der Waals surface area contributed by atoms with Gasteiger partial charge in [-0.2, -0.15) is 5.10 Å². The molecule has 2 fully saturated rings. The van der Waals surface area contributed by atoms with Crippen molar-refractivity contribution in [1.29, 1.82) is 0 Å². The summed E-state index contributed by atoms with van der Waals surface area (Å²) in [6, 6.07) is 1.98. The summed E-state index contributed by atoms with van der Waals surface area (Å²) in [7, 11) is 1.92. The number of aromatic nitrogens is 3. The molecular weight excluding hydrogens is 358 g/mol. The highest BCUT2D eigenvalue weighted by molar-refractivity contribution is 5.84. The molecule has 2 aliphatic rings. The van der Waals surface area contributed by atoms with Crippen molar-refractivity contribution < 1.29 is 13.9 Å². The van der Waals surface area contributed by atoms with Crippen molar-refractivity contribution in [3.8, 4) is 0 Å². The summed E-state index contributed by atoms with van der Waals surface area (Å²) in [4.78, 5) is 20.0.